The zero-order valence-corrected chi connectivity index (χ0v) is 11.9. The number of fused-ring (bicyclic) bond motifs is 1. The van der Waals surface area contributed by atoms with E-state index in [0.717, 1.165) is 31.9 Å². The molecule has 104 valence electrons. The van der Waals surface area contributed by atoms with E-state index in [1.165, 1.54) is 18.2 Å². The zero-order chi connectivity index (χ0) is 13.8. The number of nitrogens with zero attached hydrogens (tertiary/aromatic N) is 3. The smallest absolute Gasteiger partial charge is 0.217 e. The monoisotopic (exact) mass is 262 g/mol. The van der Waals surface area contributed by atoms with E-state index < -0.39 is 0 Å². The number of carbonyl (C=O) groups is 1. The number of rotatable bonds is 4. The highest BCUT2D eigenvalue weighted by atomic mass is 16.1. The van der Waals surface area contributed by atoms with Crippen molar-refractivity contribution < 1.29 is 4.79 Å². The van der Waals surface area contributed by atoms with Crippen molar-refractivity contribution in [2.45, 2.75) is 40.4 Å². The van der Waals surface area contributed by atoms with Gasteiger partial charge in [0.2, 0.25) is 5.91 Å². The molecule has 0 atom stereocenters. The standard InChI is InChI=1S/C14H22N4O/c1-4-11(2)9-17-5-6-18-14(10-17)7-13(16-18)8-15-12(3)19/h4,7H,5-6,8-10H2,1-3H3,(H,15,19)/b11-4+. The van der Waals surface area contributed by atoms with Crippen molar-refractivity contribution in [1.29, 1.82) is 0 Å². The molecule has 0 unspecified atom stereocenters. The fourth-order valence-electron chi connectivity index (χ4n) is 2.26. The van der Waals surface area contributed by atoms with Gasteiger partial charge in [0.25, 0.3) is 0 Å². The third-order valence-corrected chi connectivity index (χ3v) is 3.41. The van der Waals surface area contributed by atoms with E-state index in [2.05, 4.69) is 46.0 Å². The van der Waals surface area contributed by atoms with Crippen molar-refractivity contribution >= 4 is 5.91 Å². The Hall–Kier alpha value is -1.62. The van der Waals surface area contributed by atoms with E-state index in [-0.39, 0.29) is 5.91 Å². The maximum absolute atomic E-state index is 10.9. The second kappa shape index (κ2) is 6.02. The topological polar surface area (TPSA) is 50.2 Å². The van der Waals surface area contributed by atoms with Crippen LogP contribution < -0.4 is 5.32 Å². The van der Waals surface area contributed by atoms with Crippen LogP contribution in [0.15, 0.2) is 17.7 Å². The predicted octanol–water partition coefficient (Wildman–Crippen LogP) is 1.30. The third kappa shape index (κ3) is 3.67. The van der Waals surface area contributed by atoms with Gasteiger partial charge in [0.05, 0.1) is 24.5 Å². The molecule has 19 heavy (non-hydrogen) atoms. The number of hydrogen-bond donors (Lipinski definition) is 1. The minimum absolute atomic E-state index is 0.0173. The minimum Gasteiger partial charge on any atom is -0.351 e. The van der Waals surface area contributed by atoms with Crippen LogP contribution in [0.5, 0.6) is 0 Å². The summed E-state index contributed by atoms with van der Waals surface area (Å²) in [5, 5.41) is 7.30. The van der Waals surface area contributed by atoms with Crippen LogP contribution in [0.25, 0.3) is 0 Å². The van der Waals surface area contributed by atoms with Crippen molar-refractivity contribution in [2.75, 3.05) is 13.1 Å². The second-order valence-electron chi connectivity index (χ2n) is 5.11. The first-order chi connectivity index (χ1) is 9.08. The molecular weight excluding hydrogens is 240 g/mol. The van der Waals surface area contributed by atoms with Gasteiger partial charge in [0.15, 0.2) is 0 Å². The summed E-state index contributed by atoms with van der Waals surface area (Å²) < 4.78 is 2.05. The SMILES string of the molecule is C/C=C(\C)CN1CCn2nc(CNC(C)=O)cc2C1. The Morgan fingerprint density at radius 2 is 2.26 bits per heavy atom. The molecular formula is C14H22N4O. The largest absolute Gasteiger partial charge is 0.351 e. The molecule has 0 radical (unpaired) electrons. The maximum atomic E-state index is 10.9. The Kier molecular flexibility index (Phi) is 4.37. The van der Waals surface area contributed by atoms with E-state index in [4.69, 9.17) is 0 Å². The number of allylic oxidation sites excluding steroid dienone is 1. The van der Waals surface area contributed by atoms with Crippen LogP contribution in [-0.4, -0.2) is 33.7 Å². The highest BCUT2D eigenvalue weighted by Crippen LogP contribution is 2.14. The lowest BCUT2D eigenvalue weighted by atomic mass is 10.2. The molecule has 1 aromatic rings. The summed E-state index contributed by atoms with van der Waals surface area (Å²) in [6.07, 6.45) is 2.16. The Bertz CT molecular complexity index is 490. The van der Waals surface area contributed by atoms with E-state index >= 15 is 0 Å². The Balaban J connectivity index is 1.98. The number of nitrogens with one attached hydrogen (secondary N) is 1. The molecule has 2 rings (SSSR count). The first-order valence-corrected chi connectivity index (χ1v) is 6.72. The van der Waals surface area contributed by atoms with Crippen molar-refractivity contribution in [2.24, 2.45) is 0 Å². The van der Waals surface area contributed by atoms with Crippen molar-refractivity contribution in [1.82, 2.24) is 20.0 Å². The van der Waals surface area contributed by atoms with Crippen LogP contribution in [0.3, 0.4) is 0 Å². The Morgan fingerprint density at radius 3 is 2.95 bits per heavy atom. The van der Waals surface area contributed by atoms with Crippen LogP contribution in [-0.2, 0) is 24.4 Å². The van der Waals surface area contributed by atoms with Crippen LogP contribution >= 0.6 is 0 Å². The molecule has 0 bridgehead atoms. The highest BCUT2D eigenvalue weighted by molar-refractivity contribution is 5.72. The van der Waals surface area contributed by atoms with Gasteiger partial charge in [-0.3, -0.25) is 14.4 Å². The molecule has 5 heteroatoms. The molecule has 1 aliphatic rings. The molecule has 1 aromatic heterocycles. The van der Waals surface area contributed by atoms with Crippen LogP contribution in [0.2, 0.25) is 0 Å². The molecule has 0 aromatic carbocycles. The molecule has 0 aliphatic carbocycles. The summed E-state index contributed by atoms with van der Waals surface area (Å²) in [7, 11) is 0. The molecule has 1 aliphatic heterocycles. The van der Waals surface area contributed by atoms with Crippen molar-refractivity contribution in [3.05, 3.63) is 29.1 Å². The van der Waals surface area contributed by atoms with Gasteiger partial charge in [0, 0.05) is 26.6 Å². The van der Waals surface area contributed by atoms with E-state index in [1.54, 1.807) is 0 Å². The fourth-order valence-corrected chi connectivity index (χ4v) is 2.26. The highest BCUT2D eigenvalue weighted by Gasteiger charge is 2.18. The quantitative estimate of drug-likeness (QED) is 0.832. The van der Waals surface area contributed by atoms with E-state index in [9.17, 15) is 4.79 Å². The van der Waals surface area contributed by atoms with Gasteiger partial charge in [0.1, 0.15) is 0 Å². The summed E-state index contributed by atoms with van der Waals surface area (Å²) in [5.74, 6) is -0.0173. The normalized spacial score (nSPS) is 16.3. The number of carbonyl (C=O) groups excluding carboxylic acids is 1. The van der Waals surface area contributed by atoms with Crippen molar-refractivity contribution in [3.8, 4) is 0 Å². The fraction of sp³-hybridized carbons (Fsp3) is 0.571. The average molecular weight is 262 g/mol. The molecule has 0 fully saturated rings. The average Bonchev–Trinajstić information content (AvgIpc) is 2.78. The number of hydrogen-bond acceptors (Lipinski definition) is 3. The van der Waals surface area contributed by atoms with Crippen LogP contribution in [0, 0.1) is 0 Å². The third-order valence-electron chi connectivity index (χ3n) is 3.41. The summed E-state index contributed by atoms with van der Waals surface area (Å²) in [5.41, 5.74) is 3.57. The zero-order valence-electron chi connectivity index (χ0n) is 11.9. The summed E-state index contributed by atoms with van der Waals surface area (Å²) in [6, 6.07) is 2.09. The maximum Gasteiger partial charge on any atom is 0.217 e. The summed E-state index contributed by atoms with van der Waals surface area (Å²) in [4.78, 5) is 13.3. The number of aromatic nitrogens is 2. The van der Waals surface area contributed by atoms with Gasteiger partial charge in [-0.25, -0.2) is 0 Å². The Labute approximate surface area is 114 Å². The van der Waals surface area contributed by atoms with E-state index in [0.29, 0.717) is 6.54 Å². The van der Waals surface area contributed by atoms with Gasteiger partial charge < -0.3 is 5.32 Å². The lowest BCUT2D eigenvalue weighted by Crippen LogP contribution is -2.34. The van der Waals surface area contributed by atoms with Gasteiger partial charge in [-0.05, 0) is 19.9 Å². The van der Waals surface area contributed by atoms with Crippen LogP contribution in [0.1, 0.15) is 32.2 Å². The molecule has 0 spiro atoms. The number of amides is 1. The molecule has 1 N–H and O–H groups in total. The van der Waals surface area contributed by atoms with Gasteiger partial charge in [-0.15, -0.1) is 0 Å². The first-order valence-electron chi connectivity index (χ1n) is 6.72. The Morgan fingerprint density at radius 1 is 1.47 bits per heavy atom. The lowest BCUT2D eigenvalue weighted by Gasteiger charge is -2.27. The van der Waals surface area contributed by atoms with Crippen molar-refractivity contribution in [3.63, 3.8) is 0 Å². The molecule has 0 saturated heterocycles. The second-order valence-corrected chi connectivity index (χ2v) is 5.11. The molecule has 0 saturated carbocycles. The van der Waals surface area contributed by atoms with Gasteiger partial charge in [-0.1, -0.05) is 11.6 Å². The predicted molar refractivity (Wildman–Crippen MR) is 74.5 cm³/mol. The summed E-state index contributed by atoms with van der Waals surface area (Å²) >= 11 is 0. The molecule has 5 nitrogen and oxygen atoms in total. The molecule has 1 amide bonds. The lowest BCUT2D eigenvalue weighted by molar-refractivity contribution is -0.119. The van der Waals surface area contributed by atoms with E-state index in [1.807, 2.05) is 0 Å². The van der Waals surface area contributed by atoms with Gasteiger partial charge >= 0.3 is 0 Å². The van der Waals surface area contributed by atoms with Gasteiger partial charge in [-0.2, -0.15) is 5.10 Å². The molecule has 2 heterocycles. The summed E-state index contributed by atoms with van der Waals surface area (Å²) in [6.45, 7) is 10.2. The minimum atomic E-state index is -0.0173. The first kappa shape index (κ1) is 13.8. The van der Waals surface area contributed by atoms with Crippen LogP contribution in [0.4, 0.5) is 0 Å².